The van der Waals surface area contributed by atoms with E-state index in [9.17, 15) is 0 Å². The zero-order valence-electron chi connectivity index (χ0n) is 8.26. The molecule has 74 valence electrons. The van der Waals surface area contributed by atoms with Crippen molar-refractivity contribution in [3.05, 3.63) is 0 Å². The van der Waals surface area contributed by atoms with Gasteiger partial charge in [-0.1, -0.05) is 0 Å². The Morgan fingerprint density at radius 3 is 2.69 bits per heavy atom. The summed E-state index contributed by atoms with van der Waals surface area (Å²) in [4.78, 5) is 0. The lowest BCUT2D eigenvalue weighted by Crippen LogP contribution is -2.43. The Morgan fingerprint density at radius 1 is 0.923 bits per heavy atom. The number of nitrogens with one attached hydrogen (secondary N) is 2. The van der Waals surface area contributed by atoms with Crippen LogP contribution in [0.1, 0.15) is 32.1 Å². The maximum absolute atomic E-state index is 3.79. The fraction of sp³-hybridized carbons (Fsp3) is 1.00. The standard InChI is InChI=1S/C11H20N2/c1-3-10(8-5-6-12-7-8)11-4-2-9(1)13-11/h8-13H,1-7H2. The van der Waals surface area contributed by atoms with Gasteiger partial charge in [0.15, 0.2) is 0 Å². The minimum Gasteiger partial charge on any atom is -0.316 e. The van der Waals surface area contributed by atoms with Gasteiger partial charge in [-0.05, 0) is 57.0 Å². The van der Waals surface area contributed by atoms with Crippen molar-refractivity contribution in [1.82, 2.24) is 10.6 Å². The van der Waals surface area contributed by atoms with E-state index >= 15 is 0 Å². The summed E-state index contributed by atoms with van der Waals surface area (Å²) in [6, 6.07) is 1.76. The number of rotatable bonds is 1. The van der Waals surface area contributed by atoms with Gasteiger partial charge in [0.2, 0.25) is 0 Å². The lowest BCUT2D eigenvalue weighted by atomic mass is 9.80. The zero-order chi connectivity index (χ0) is 8.67. The van der Waals surface area contributed by atoms with E-state index in [4.69, 9.17) is 0 Å². The predicted molar refractivity (Wildman–Crippen MR) is 53.6 cm³/mol. The first-order valence-corrected chi connectivity index (χ1v) is 5.90. The van der Waals surface area contributed by atoms with E-state index in [1.165, 1.54) is 45.2 Å². The largest absolute Gasteiger partial charge is 0.316 e. The van der Waals surface area contributed by atoms with Gasteiger partial charge in [-0.3, -0.25) is 0 Å². The van der Waals surface area contributed by atoms with Crippen LogP contribution in [0.3, 0.4) is 0 Å². The van der Waals surface area contributed by atoms with Crippen LogP contribution >= 0.6 is 0 Å². The quantitative estimate of drug-likeness (QED) is 0.632. The molecule has 13 heavy (non-hydrogen) atoms. The Bertz CT molecular complexity index is 185. The topological polar surface area (TPSA) is 24.1 Å². The van der Waals surface area contributed by atoms with Gasteiger partial charge in [-0.15, -0.1) is 0 Å². The summed E-state index contributed by atoms with van der Waals surface area (Å²) in [5.41, 5.74) is 0. The molecule has 3 fully saturated rings. The molecule has 0 aliphatic carbocycles. The summed E-state index contributed by atoms with van der Waals surface area (Å²) >= 11 is 0. The number of fused-ring (bicyclic) bond motifs is 2. The molecule has 2 bridgehead atoms. The third-order valence-electron chi connectivity index (χ3n) is 4.35. The van der Waals surface area contributed by atoms with E-state index < -0.39 is 0 Å². The Morgan fingerprint density at radius 2 is 1.85 bits per heavy atom. The molecular formula is C11H20N2. The SMILES string of the molecule is C1CC(C2CCC3CCC2N3)CN1. The van der Waals surface area contributed by atoms with Gasteiger partial charge in [0.1, 0.15) is 0 Å². The molecule has 3 rings (SSSR count). The van der Waals surface area contributed by atoms with Crippen LogP contribution in [0.4, 0.5) is 0 Å². The van der Waals surface area contributed by atoms with Gasteiger partial charge in [0, 0.05) is 12.1 Å². The maximum Gasteiger partial charge on any atom is 0.0102 e. The van der Waals surface area contributed by atoms with Crippen LogP contribution < -0.4 is 10.6 Å². The molecule has 0 radical (unpaired) electrons. The fourth-order valence-electron chi connectivity index (χ4n) is 3.62. The molecule has 0 spiro atoms. The Balaban J connectivity index is 1.69. The molecular weight excluding hydrogens is 160 g/mol. The first-order valence-electron chi connectivity index (χ1n) is 5.90. The first kappa shape index (κ1) is 8.25. The highest BCUT2D eigenvalue weighted by atomic mass is 15.0. The monoisotopic (exact) mass is 180 g/mol. The molecule has 3 aliphatic rings. The summed E-state index contributed by atoms with van der Waals surface area (Å²) in [5, 5.41) is 7.29. The minimum absolute atomic E-state index is 0.878. The number of hydrogen-bond donors (Lipinski definition) is 2. The average Bonchev–Trinajstić information content (AvgIpc) is 2.77. The second-order valence-electron chi connectivity index (χ2n) is 5.04. The molecule has 4 atom stereocenters. The van der Waals surface area contributed by atoms with Crippen LogP contribution in [-0.4, -0.2) is 25.2 Å². The summed E-state index contributed by atoms with van der Waals surface area (Å²) in [7, 11) is 0. The van der Waals surface area contributed by atoms with Crippen molar-refractivity contribution in [3.63, 3.8) is 0 Å². The second-order valence-corrected chi connectivity index (χ2v) is 5.04. The summed E-state index contributed by atoms with van der Waals surface area (Å²) in [5.74, 6) is 1.98. The summed E-state index contributed by atoms with van der Waals surface area (Å²) in [6.45, 7) is 2.55. The molecule has 2 heteroatoms. The normalized spacial score (nSPS) is 49.8. The molecule has 0 aromatic rings. The second kappa shape index (κ2) is 3.25. The maximum atomic E-state index is 3.79. The minimum atomic E-state index is 0.878. The molecule has 0 saturated carbocycles. The summed E-state index contributed by atoms with van der Waals surface area (Å²) < 4.78 is 0. The highest BCUT2D eigenvalue weighted by molar-refractivity contribution is 4.97. The zero-order valence-corrected chi connectivity index (χ0v) is 8.26. The average molecular weight is 180 g/mol. The van der Waals surface area contributed by atoms with Crippen LogP contribution in [0, 0.1) is 11.8 Å². The lowest BCUT2D eigenvalue weighted by Gasteiger charge is -2.34. The Labute approximate surface area is 80.5 Å². The molecule has 3 aliphatic heterocycles. The van der Waals surface area contributed by atoms with Crippen LogP contribution in [0.15, 0.2) is 0 Å². The molecule has 0 aromatic carbocycles. The van der Waals surface area contributed by atoms with Gasteiger partial charge >= 0.3 is 0 Å². The Kier molecular flexibility index (Phi) is 2.06. The molecule has 2 N–H and O–H groups in total. The van der Waals surface area contributed by atoms with E-state index in [0.29, 0.717) is 0 Å². The Hall–Kier alpha value is -0.0800. The van der Waals surface area contributed by atoms with Crippen LogP contribution in [0.25, 0.3) is 0 Å². The summed E-state index contributed by atoms with van der Waals surface area (Å²) in [6.07, 6.45) is 7.26. The van der Waals surface area contributed by atoms with Crippen LogP contribution in [0.2, 0.25) is 0 Å². The van der Waals surface area contributed by atoms with Crippen molar-refractivity contribution in [2.45, 2.75) is 44.2 Å². The fourth-order valence-corrected chi connectivity index (χ4v) is 3.62. The first-order chi connectivity index (χ1) is 6.43. The molecule has 2 nitrogen and oxygen atoms in total. The van der Waals surface area contributed by atoms with E-state index in [0.717, 1.165) is 23.9 Å². The van der Waals surface area contributed by atoms with Crippen LogP contribution in [0.5, 0.6) is 0 Å². The van der Waals surface area contributed by atoms with Gasteiger partial charge in [-0.2, -0.15) is 0 Å². The number of hydrogen-bond acceptors (Lipinski definition) is 2. The lowest BCUT2D eigenvalue weighted by molar-refractivity contribution is 0.216. The van der Waals surface area contributed by atoms with Gasteiger partial charge in [0.05, 0.1) is 0 Å². The molecule has 0 aromatic heterocycles. The van der Waals surface area contributed by atoms with Gasteiger partial charge in [-0.25, -0.2) is 0 Å². The third kappa shape index (κ3) is 1.40. The number of piperidine rings is 1. The van der Waals surface area contributed by atoms with Crippen molar-refractivity contribution in [2.75, 3.05) is 13.1 Å². The highest BCUT2D eigenvalue weighted by Gasteiger charge is 2.39. The van der Waals surface area contributed by atoms with E-state index in [2.05, 4.69) is 10.6 Å². The van der Waals surface area contributed by atoms with Crippen LogP contribution in [-0.2, 0) is 0 Å². The predicted octanol–water partition coefficient (Wildman–Crippen LogP) is 1.13. The molecule has 4 unspecified atom stereocenters. The highest BCUT2D eigenvalue weighted by Crippen LogP contribution is 2.37. The van der Waals surface area contributed by atoms with Crippen molar-refractivity contribution in [1.29, 1.82) is 0 Å². The van der Waals surface area contributed by atoms with Crippen molar-refractivity contribution >= 4 is 0 Å². The van der Waals surface area contributed by atoms with E-state index in [1.54, 1.807) is 0 Å². The van der Waals surface area contributed by atoms with Crippen molar-refractivity contribution in [2.24, 2.45) is 11.8 Å². The van der Waals surface area contributed by atoms with Gasteiger partial charge < -0.3 is 10.6 Å². The van der Waals surface area contributed by atoms with E-state index in [1.807, 2.05) is 0 Å². The smallest absolute Gasteiger partial charge is 0.0102 e. The van der Waals surface area contributed by atoms with E-state index in [-0.39, 0.29) is 0 Å². The third-order valence-corrected chi connectivity index (χ3v) is 4.35. The van der Waals surface area contributed by atoms with Crippen molar-refractivity contribution in [3.8, 4) is 0 Å². The molecule has 0 amide bonds. The van der Waals surface area contributed by atoms with Crippen molar-refractivity contribution < 1.29 is 0 Å². The molecule has 3 saturated heterocycles. The van der Waals surface area contributed by atoms with Gasteiger partial charge in [0.25, 0.3) is 0 Å². The molecule has 3 heterocycles.